The van der Waals surface area contributed by atoms with E-state index >= 15 is 0 Å². The van der Waals surface area contributed by atoms with Crippen molar-refractivity contribution in [2.45, 2.75) is 32.9 Å². The molecule has 142 valence electrons. The minimum absolute atomic E-state index is 0.0490. The summed E-state index contributed by atoms with van der Waals surface area (Å²) in [5.74, 6) is 1.19. The molecule has 0 radical (unpaired) electrons. The number of nitrogens with zero attached hydrogens (tertiary/aromatic N) is 3. The van der Waals surface area contributed by atoms with E-state index in [0.717, 1.165) is 30.9 Å². The summed E-state index contributed by atoms with van der Waals surface area (Å²) in [4.78, 5) is 24.2. The SMILES string of the molecule is CC(C)NC(=O)c1cc(N2CCc3ccccc3C2)nc(-c2ccccc2)n1. The van der Waals surface area contributed by atoms with Crippen LogP contribution < -0.4 is 10.2 Å². The second kappa shape index (κ2) is 7.80. The minimum Gasteiger partial charge on any atom is -0.352 e. The maximum Gasteiger partial charge on any atom is 0.270 e. The number of nitrogens with one attached hydrogen (secondary N) is 1. The number of carbonyl (C=O) groups excluding carboxylic acids is 1. The fourth-order valence-corrected chi connectivity index (χ4v) is 3.46. The molecule has 0 unspecified atom stereocenters. The van der Waals surface area contributed by atoms with Gasteiger partial charge in [-0.05, 0) is 31.4 Å². The first-order chi connectivity index (χ1) is 13.6. The highest BCUT2D eigenvalue weighted by atomic mass is 16.1. The fraction of sp³-hybridized carbons (Fsp3) is 0.261. The Morgan fingerprint density at radius 2 is 1.71 bits per heavy atom. The van der Waals surface area contributed by atoms with E-state index in [1.165, 1.54) is 11.1 Å². The molecule has 0 spiro atoms. The number of hydrogen-bond donors (Lipinski definition) is 1. The van der Waals surface area contributed by atoms with E-state index in [0.29, 0.717) is 11.5 Å². The highest BCUT2D eigenvalue weighted by molar-refractivity contribution is 5.93. The van der Waals surface area contributed by atoms with E-state index in [1.807, 2.05) is 44.2 Å². The Bertz CT molecular complexity index is 985. The molecule has 5 heteroatoms. The van der Waals surface area contributed by atoms with E-state index in [-0.39, 0.29) is 11.9 Å². The van der Waals surface area contributed by atoms with Gasteiger partial charge in [-0.1, -0.05) is 54.6 Å². The lowest BCUT2D eigenvalue weighted by Gasteiger charge is -2.30. The molecular formula is C23H24N4O. The number of aromatic nitrogens is 2. The molecule has 1 aliphatic rings. The predicted octanol–water partition coefficient (Wildman–Crippen LogP) is 3.84. The van der Waals surface area contributed by atoms with Gasteiger partial charge in [0.25, 0.3) is 5.91 Å². The molecule has 1 aromatic heterocycles. The van der Waals surface area contributed by atoms with Crippen LogP contribution in [-0.4, -0.2) is 28.5 Å². The van der Waals surface area contributed by atoms with Gasteiger partial charge >= 0.3 is 0 Å². The summed E-state index contributed by atoms with van der Waals surface area (Å²) in [5.41, 5.74) is 3.99. The van der Waals surface area contributed by atoms with E-state index in [2.05, 4.69) is 39.5 Å². The number of fused-ring (bicyclic) bond motifs is 1. The van der Waals surface area contributed by atoms with Crippen molar-refractivity contribution in [3.05, 3.63) is 77.5 Å². The van der Waals surface area contributed by atoms with Crippen LogP contribution in [0.1, 0.15) is 35.5 Å². The van der Waals surface area contributed by atoms with Crippen LogP contribution in [0.2, 0.25) is 0 Å². The minimum atomic E-state index is -0.173. The Morgan fingerprint density at radius 1 is 1.00 bits per heavy atom. The molecule has 28 heavy (non-hydrogen) atoms. The van der Waals surface area contributed by atoms with Crippen molar-refractivity contribution in [2.75, 3.05) is 11.4 Å². The van der Waals surface area contributed by atoms with Gasteiger partial charge in [-0.2, -0.15) is 0 Å². The highest BCUT2D eigenvalue weighted by Gasteiger charge is 2.21. The predicted molar refractivity (Wildman–Crippen MR) is 111 cm³/mol. The molecule has 0 fully saturated rings. The second-order valence-corrected chi connectivity index (χ2v) is 7.37. The van der Waals surface area contributed by atoms with E-state index in [1.54, 1.807) is 6.07 Å². The zero-order chi connectivity index (χ0) is 19.5. The van der Waals surface area contributed by atoms with Crippen LogP contribution in [0, 0.1) is 0 Å². The van der Waals surface area contributed by atoms with Crippen molar-refractivity contribution in [1.29, 1.82) is 0 Å². The van der Waals surface area contributed by atoms with Crippen molar-refractivity contribution in [3.8, 4) is 11.4 Å². The molecule has 1 N–H and O–H groups in total. The lowest BCUT2D eigenvalue weighted by molar-refractivity contribution is 0.0938. The topological polar surface area (TPSA) is 58.1 Å². The average Bonchev–Trinajstić information content (AvgIpc) is 2.73. The summed E-state index contributed by atoms with van der Waals surface area (Å²) in [6, 6.07) is 20.2. The number of hydrogen-bond acceptors (Lipinski definition) is 4. The van der Waals surface area contributed by atoms with Crippen LogP contribution in [0.15, 0.2) is 60.7 Å². The lowest BCUT2D eigenvalue weighted by atomic mass is 10.00. The van der Waals surface area contributed by atoms with E-state index in [9.17, 15) is 4.79 Å². The van der Waals surface area contributed by atoms with Crippen LogP contribution >= 0.6 is 0 Å². The number of carbonyl (C=O) groups is 1. The molecule has 0 saturated carbocycles. The van der Waals surface area contributed by atoms with Gasteiger partial charge in [0.2, 0.25) is 0 Å². The largest absolute Gasteiger partial charge is 0.352 e. The normalized spacial score (nSPS) is 13.3. The molecular weight excluding hydrogens is 348 g/mol. The summed E-state index contributed by atoms with van der Waals surface area (Å²) in [7, 11) is 0. The Kier molecular flexibility index (Phi) is 5.06. The second-order valence-electron chi connectivity index (χ2n) is 7.37. The third-order valence-corrected chi connectivity index (χ3v) is 4.85. The van der Waals surface area contributed by atoms with Gasteiger partial charge < -0.3 is 10.2 Å². The van der Waals surface area contributed by atoms with Crippen LogP contribution in [-0.2, 0) is 13.0 Å². The van der Waals surface area contributed by atoms with Crippen molar-refractivity contribution in [2.24, 2.45) is 0 Å². The Morgan fingerprint density at radius 3 is 2.46 bits per heavy atom. The van der Waals surface area contributed by atoms with Gasteiger partial charge in [-0.25, -0.2) is 9.97 Å². The summed E-state index contributed by atoms with van der Waals surface area (Å²) >= 11 is 0. The molecule has 4 rings (SSSR count). The van der Waals surface area contributed by atoms with Gasteiger partial charge in [0.1, 0.15) is 11.5 Å². The van der Waals surface area contributed by atoms with Crippen molar-refractivity contribution in [3.63, 3.8) is 0 Å². The molecule has 0 atom stereocenters. The molecule has 0 aliphatic carbocycles. The third kappa shape index (κ3) is 3.88. The monoisotopic (exact) mass is 372 g/mol. The molecule has 2 heterocycles. The van der Waals surface area contributed by atoms with E-state index in [4.69, 9.17) is 4.98 Å². The summed E-state index contributed by atoms with van der Waals surface area (Å²) in [5, 5.41) is 2.94. The molecule has 5 nitrogen and oxygen atoms in total. The maximum atomic E-state index is 12.7. The Labute approximate surface area is 165 Å². The molecule has 2 aromatic carbocycles. The van der Waals surface area contributed by atoms with E-state index < -0.39 is 0 Å². The van der Waals surface area contributed by atoms with Gasteiger partial charge in [0.05, 0.1) is 0 Å². The number of rotatable bonds is 4. The lowest BCUT2D eigenvalue weighted by Crippen LogP contribution is -2.33. The van der Waals surface area contributed by atoms with Crippen LogP contribution in [0.4, 0.5) is 5.82 Å². The Hall–Kier alpha value is -3.21. The summed E-state index contributed by atoms with van der Waals surface area (Å²) < 4.78 is 0. The quantitative estimate of drug-likeness (QED) is 0.756. The first-order valence-corrected chi connectivity index (χ1v) is 9.67. The van der Waals surface area contributed by atoms with Crippen molar-refractivity contribution >= 4 is 11.7 Å². The zero-order valence-electron chi connectivity index (χ0n) is 16.2. The Balaban J connectivity index is 1.73. The fourth-order valence-electron chi connectivity index (χ4n) is 3.46. The molecule has 1 aliphatic heterocycles. The first kappa shape index (κ1) is 18.2. The van der Waals surface area contributed by atoms with Gasteiger partial charge in [0.15, 0.2) is 5.82 Å². The zero-order valence-corrected chi connectivity index (χ0v) is 16.2. The van der Waals surface area contributed by atoms with Crippen LogP contribution in [0.5, 0.6) is 0 Å². The standard InChI is InChI=1S/C23H24N4O/c1-16(2)24-23(28)20-14-21(26-22(25-20)18-9-4-3-5-10-18)27-13-12-17-8-6-7-11-19(17)15-27/h3-11,14,16H,12-13,15H2,1-2H3,(H,24,28). The van der Waals surface area contributed by atoms with Gasteiger partial charge in [-0.3, -0.25) is 4.79 Å². The molecule has 0 saturated heterocycles. The highest BCUT2D eigenvalue weighted by Crippen LogP contribution is 2.26. The number of amides is 1. The molecule has 0 bridgehead atoms. The van der Waals surface area contributed by atoms with Crippen molar-refractivity contribution < 1.29 is 4.79 Å². The van der Waals surface area contributed by atoms with Gasteiger partial charge in [-0.15, -0.1) is 0 Å². The first-order valence-electron chi connectivity index (χ1n) is 9.67. The average molecular weight is 372 g/mol. The van der Waals surface area contributed by atoms with Crippen LogP contribution in [0.3, 0.4) is 0 Å². The third-order valence-electron chi connectivity index (χ3n) is 4.85. The van der Waals surface area contributed by atoms with Crippen LogP contribution in [0.25, 0.3) is 11.4 Å². The van der Waals surface area contributed by atoms with Crippen molar-refractivity contribution in [1.82, 2.24) is 15.3 Å². The summed E-state index contributed by atoms with van der Waals surface area (Å²) in [6.45, 7) is 5.54. The number of benzene rings is 2. The van der Waals surface area contributed by atoms with Gasteiger partial charge in [0, 0.05) is 30.8 Å². The number of anilines is 1. The molecule has 3 aromatic rings. The maximum absolute atomic E-state index is 12.7. The summed E-state index contributed by atoms with van der Waals surface area (Å²) in [6.07, 6.45) is 0.967. The smallest absolute Gasteiger partial charge is 0.270 e. The molecule has 1 amide bonds.